The molecule has 1 amide bonds. The standard InChI is InChI=1S/C17H21NO4S2/c1-2-18(13-9-11-24(20,21)12-13)17(19)8-6-14-5-7-15(22-14)16-4-3-10-23-16/h3-5,7,10,13H,2,6,8-9,11-12H2,1H3/t13-/m1/s1. The highest BCUT2D eigenvalue weighted by molar-refractivity contribution is 7.91. The number of furan rings is 1. The molecule has 0 N–H and O–H groups in total. The molecule has 24 heavy (non-hydrogen) atoms. The quantitative estimate of drug-likeness (QED) is 0.787. The smallest absolute Gasteiger partial charge is 0.223 e. The van der Waals surface area contributed by atoms with E-state index in [1.54, 1.807) is 16.2 Å². The number of hydrogen-bond donors (Lipinski definition) is 0. The fourth-order valence-corrected chi connectivity index (χ4v) is 5.51. The first-order valence-electron chi connectivity index (χ1n) is 8.11. The highest BCUT2D eigenvalue weighted by Gasteiger charge is 2.33. The average Bonchev–Trinajstić information content (AvgIpc) is 3.26. The summed E-state index contributed by atoms with van der Waals surface area (Å²) in [5.74, 6) is 1.87. The van der Waals surface area contributed by atoms with Crippen LogP contribution in [0, 0.1) is 0 Å². The van der Waals surface area contributed by atoms with Gasteiger partial charge in [-0.15, -0.1) is 11.3 Å². The predicted octanol–water partition coefficient (Wildman–Crippen LogP) is 2.98. The molecule has 1 atom stereocenters. The lowest BCUT2D eigenvalue weighted by molar-refractivity contribution is -0.132. The summed E-state index contributed by atoms with van der Waals surface area (Å²) in [5, 5.41) is 2.00. The Labute approximate surface area is 146 Å². The van der Waals surface area contributed by atoms with Gasteiger partial charge in [0.25, 0.3) is 0 Å². The molecule has 0 unspecified atom stereocenters. The van der Waals surface area contributed by atoms with Crippen LogP contribution in [0.2, 0.25) is 0 Å². The second-order valence-electron chi connectivity index (χ2n) is 5.98. The maximum atomic E-state index is 12.5. The maximum absolute atomic E-state index is 12.5. The third-order valence-corrected chi connectivity index (χ3v) is 6.96. The minimum absolute atomic E-state index is 0.00586. The van der Waals surface area contributed by atoms with Gasteiger partial charge >= 0.3 is 0 Å². The molecule has 0 bridgehead atoms. The summed E-state index contributed by atoms with van der Waals surface area (Å²) in [6, 6.07) is 7.62. The second kappa shape index (κ2) is 7.11. The van der Waals surface area contributed by atoms with Gasteiger partial charge < -0.3 is 9.32 Å². The number of nitrogens with zero attached hydrogens (tertiary/aromatic N) is 1. The van der Waals surface area contributed by atoms with Crippen molar-refractivity contribution >= 4 is 27.1 Å². The van der Waals surface area contributed by atoms with Crippen LogP contribution in [0.5, 0.6) is 0 Å². The molecule has 0 spiro atoms. The zero-order valence-electron chi connectivity index (χ0n) is 13.6. The van der Waals surface area contributed by atoms with Crippen molar-refractivity contribution in [1.82, 2.24) is 4.90 Å². The Bertz CT molecular complexity index is 792. The van der Waals surface area contributed by atoms with Crippen LogP contribution < -0.4 is 0 Å². The Kier molecular flexibility index (Phi) is 5.10. The van der Waals surface area contributed by atoms with Crippen molar-refractivity contribution in [1.29, 1.82) is 0 Å². The van der Waals surface area contributed by atoms with Crippen molar-refractivity contribution in [3.8, 4) is 10.6 Å². The SMILES string of the molecule is CCN(C(=O)CCc1ccc(-c2cccs2)o1)[C@@H]1CCS(=O)(=O)C1. The van der Waals surface area contributed by atoms with Crippen molar-refractivity contribution in [2.24, 2.45) is 0 Å². The monoisotopic (exact) mass is 367 g/mol. The first-order valence-corrected chi connectivity index (χ1v) is 10.8. The molecule has 1 saturated heterocycles. The lowest BCUT2D eigenvalue weighted by atomic mass is 10.1. The fraction of sp³-hybridized carbons (Fsp3) is 0.471. The van der Waals surface area contributed by atoms with Crippen LogP contribution in [0.4, 0.5) is 0 Å². The molecule has 1 fully saturated rings. The van der Waals surface area contributed by atoms with Crippen molar-refractivity contribution in [3.63, 3.8) is 0 Å². The Hall–Kier alpha value is -1.60. The summed E-state index contributed by atoms with van der Waals surface area (Å²) in [7, 11) is -2.98. The van der Waals surface area contributed by atoms with E-state index in [2.05, 4.69) is 0 Å². The van der Waals surface area contributed by atoms with Gasteiger partial charge in [-0.3, -0.25) is 4.79 Å². The highest BCUT2D eigenvalue weighted by atomic mass is 32.2. The number of carbonyl (C=O) groups excluding carboxylic acids is 1. The van der Waals surface area contributed by atoms with Crippen LogP contribution in [-0.2, 0) is 21.1 Å². The lowest BCUT2D eigenvalue weighted by Gasteiger charge is -2.26. The van der Waals surface area contributed by atoms with E-state index in [0.29, 0.717) is 25.8 Å². The van der Waals surface area contributed by atoms with Gasteiger partial charge in [0.15, 0.2) is 9.84 Å². The molecular formula is C17H21NO4S2. The molecule has 2 aromatic heterocycles. The van der Waals surface area contributed by atoms with Gasteiger partial charge in [-0.2, -0.15) is 0 Å². The third-order valence-electron chi connectivity index (χ3n) is 4.32. The number of sulfone groups is 1. The van der Waals surface area contributed by atoms with Crippen LogP contribution >= 0.6 is 11.3 Å². The Balaban J connectivity index is 1.58. The second-order valence-corrected chi connectivity index (χ2v) is 9.16. The summed E-state index contributed by atoms with van der Waals surface area (Å²) >= 11 is 1.61. The van der Waals surface area contributed by atoms with E-state index in [4.69, 9.17) is 4.42 Å². The summed E-state index contributed by atoms with van der Waals surface area (Å²) in [4.78, 5) is 15.2. The van der Waals surface area contributed by atoms with Crippen molar-refractivity contribution in [2.75, 3.05) is 18.1 Å². The number of aryl methyl sites for hydroxylation is 1. The van der Waals surface area contributed by atoms with Crippen LogP contribution in [0.15, 0.2) is 34.1 Å². The molecule has 0 radical (unpaired) electrons. The molecule has 130 valence electrons. The number of rotatable bonds is 6. The van der Waals surface area contributed by atoms with E-state index in [1.165, 1.54) is 0 Å². The van der Waals surface area contributed by atoms with E-state index in [9.17, 15) is 13.2 Å². The fourth-order valence-electron chi connectivity index (χ4n) is 3.10. The number of hydrogen-bond acceptors (Lipinski definition) is 5. The maximum Gasteiger partial charge on any atom is 0.223 e. The van der Waals surface area contributed by atoms with E-state index >= 15 is 0 Å². The first-order chi connectivity index (χ1) is 11.5. The van der Waals surface area contributed by atoms with Gasteiger partial charge in [-0.1, -0.05) is 6.07 Å². The van der Waals surface area contributed by atoms with E-state index < -0.39 is 9.84 Å². The van der Waals surface area contributed by atoms with E-state index in [1.807, 2.05) is 36.6 Å². The number of amides is 1. The lowest BCUT2D eigenvalue weighted by Crippen LogP contribution is -2.41. The summed E-state index contributed by atoms with van der Waals surface area (Å²) < 4.78 is 29.0. The van der Waals surface area contributed by atoms with Crippen molar-refractivity contribution < 1.29 is 17.6 Å². The topological polar surface area (TPSA) is 67.6 Å². The molecule has 3 heterocycles. The highest BCUT2D eigenvalue weighted by Crippen LogP contribution is 2.27. The molecule has 0 saturated carbocycles. The predicted molar refractivity (Wildman–Crippen MR) is 94.8 cm³/mol. The number of carbonyl (C=O) groups is 1. The third kappa shape index (κ3) is 3.89. The molecule has 0 aromatic carbocycles. The summed E-state index contributed by atoms with van der Waals surface area (Å²) in [6.07, 6.45) is 1.41. The van der Waals surface area contributed by atoms with Gasteiger partial charge in [0.05, 0.1) is 16.4 Å². The molecule has 5 nitrogen and oxygen atoms in total. The molecular weight excluding hydrogens is 346 g/mol. The van der Waals surface area contributed by atoms with E-state index in [0.717, 1.165) is 16.4 Å². The molecule has 7 heteroatoms. The largest absolute Gasteiger partial charge is 0.460 e. The minimum atomic E-state index is -2.98. The molecule has 2 aromatic rings. The summed E-state index contributed by atoms with van der Waals surface area (Å²) in [5.41, 5.74) is 0. The zero-order chi connectivity index (χ0) is 17.2. The average molecular weight is 367 g/mol. The van der Waals surface area contributed by atoms with Gasteiger partial charge in [0.2, 0.25) is 5.91 Å². The minimum Gasteiger partial charge on any atom is -0.460 e. The van der Waals surface area contributed by atoms with Crippen molar-refractivity contribution in [2.45, 2.75) is 32.2 Å². The van der Waals surface area contributed by atoms with Gasteiger partial charge in [-0.05, 0) is 36.9 Å². The van der Waals surface area contributed by atoms with Gasteiger partial charge in [-0.25, -0.2) is 8.42 Å². The Morgan fingerprint density at radius 2 is 2.21 bits per heavy atom. The normalized spacial score (nSPS) is 19.5. The Morgan fingerprint density at radius 3 is 2.83 bits per heavy atom. The van der Waals surface area contributed by atoms with E-state index in [-0.39, 0.29) is 23.5 Å². The molecule has 0 aliphatic carbocycles. The molecule has 1 aliphatic rings. The Morgan fingerprint density at radius 1 is 1.38 bits per heavy atom. The van der Waals surface area contributed by atoms with Crippen LogP contribution in [0.3, 0.4) is 0 Å². The molecule has 3 rings (SSSR count). The van der Waals surface area contributed by atoms with Gasteiger partial charge in [0, 0.05) is 25.4 Å². The van der Waals surface area contributed by atoms with Crippen LogP contribution in [-0.4, -0.2) is 43.3 Å². The summed E-state index contributed by atoms with van der Waals surface area (Å²) in [6.45, 7) is 2.43. The first kappa shape index (κ1) is 17.2. The van der Waals surface area contributed by atoms with Gasteiger partial charge in [0.1, 0.15) is 11.5 Å². The number of thiophene rings is 1. The van der Waals surface area contributed by atoms with Crippen LogP contribution in [0.1, 0.15) is 25.5 Å². The van der Waals surface area contributed by atoms with Crippen LogP contribution in [0.25, 0.3) is 10.6 Å². The van der Waals surface area contributed by atoms with Crippen molar-refractivity contribution in [3.05, 3.63) is 35.4 Å². The molecule has 1 aliphatic heterocycles. The zero-order valence-corrected chi connectivity index (χ0v) is 15.2.